The van der Waals surface area contributed by atoms with E-state index in [4.69, 9.17) is 16.3 Å². The van der Waals surface area contributed by atoms with Gasteiger partial charge >= 0.3 is 5.97 Å². The second kappa shape index (κ2) is 4.92. The van der Waals surface area contributed by atoms with Gasteiger partial charge in [-0.3, -0.25) is 4.79 Å². The number of ether oxygens (including phenoxy) is 1. The molecule has 1 aromatic heterocycles. The van der Waals surface area contributed by atoms with Crippen molar-refractivity contribution in [2.75, 3.05) is 0 Å². The highest BCUT2D eigenvalue weighted by Crippen LogP contribution is 2.31. The molecule has 0 saturated carbocycles. The van der Waals surface area contributed by atoms with Crippen LogP contribution in [-0.2, 0) is 15.1 Å². The van der Waals surface area contributed by atoms with Crippen molar-refractivity contribution in [3.63, 3.8) is 0 Å². The Kier molecular flexibility index (Phi) is 4.17. The van der Waals surface area contributed by atoms with Crippen LogP contribution in [0.5, 0.6) is 0 Å². The molecule has 0 aliphatic carbocycles. The number of rotatable bonds is 3. The minimum absolute atomic E-state index is 0.145. The third kappa shape index (κ3) is 4.61. The van der Waals surface area contributed by atoms with E-state index in [0.717, 1.165) is 11.3 Å². The fraction of sp³-hybridized carbons (Fsp3) is 0.636. The van der Waals surface area contributed by atoms with Gasteiger partial charge in [0.25, 0.3) is 0 Å². The molecule has 96 valence electrons. The van der Waals surface area contributed by atoms with Gasteiger partial charge in [0.15, 0.2) is 0 Å². The summed E-state index contributed by atoms with van der Waals surface area (Å²) in [5.74, 6) is -0.464. The summed E-state index contributed by atoms with van der Waals surface area (Å²) in [5.41, 5.74) is -1.91. The van der Waals surface area contributed by atoms with Gasteiger partial charge in [-0.2, -0.15) is 0 Å². The molecule has 0 fully saturated rings. The summed E-state index contributed by atoms with van der Waals surface area (Å²) in [4.78, 5) is 15.6. The molecular weight excluding hydrogens is 262 g/mol. The molecule has 1 N–H and O–H groups in total. The summed E-state index contributed by atoms with van der Waals surface area (Å²) in [7, 11) is 0. The molecule has 17 heavy (non-hydrogen) atoms. The Labute approximate surface area is 110 Å². The van der Waals surface area contributed by atoms with Crippen LogP contribution in [0.15, 0.2) is 6.20 Å². The molecule has 0 amide bonds. The van der Waals surface area contributed by atoms with Crippen molar-refractivity contribution in [1.82, 2.24) is 4.98 Å². The summed E-state index contributed by atoms with van der Waals surface area (Å²) in [6.07, 6.45) is 1.30. The zero-order valence-corrected chi connectivity index (χ0v) is 11.9. The fourth-order valence-electron chi connectivity index (χ4n) is 1.24. The standard InChI is InChI=1S/C11H16ClNO3S/c1-10(2,3)16-8(14)5-11(4,15)9-13-6-7(12)17-9/h6,15H,5H2,1-4H3. The normalized spacial score (nSPS) is 15.4. The first-order valence-corrected chi connectivity index (χ1v) is 6.36. The van der Waals surface area contributed by atoms with Crippen molar-refractivity contribution < 1.29 is 14.6 Å². The van der Waals surface area contributed by atoms with Gasteiger partial charge in [0, 0.05) is 0 Å². The van der Waals surface area contributed by atoms with E-state index in [9.17, 15) is 9.90 Å². The minimum atomic E-state index is -1.35. The van der Waals surface area contributed by atoms with Crippen molar-refractivity contribution in [1.29, 1.82) is 0 Å². The minimum Gasteiger partial charge on any atom is -0.460 e. The van der Waals surface area contributed by atoms with Crippen molar-refractivity contribution in [3.05, 3.63) is 15.5 Å². The molecule has 1 aromatic rings. The van der Waals surface area contributed by atoms with Crippen LogP contribution in [0.25, 0.3) is 0 Å². The smallest absolute Gasteiger partial charge is 0.309 e. The maximum absolute atomic E-state index is 11.6. The Hall–Kier alpha value is -0.650. The van der Waals surface area contributed by atoms with Crippen LogP contribution in [0, 0.1) is 0 Å². The van der Waals surface area contributed by atoms with Crippen LogP contribution in [0.2, 0.25) is 4.34 Å². The molecular formula is C11H16ClNO3S. The molecule has 0 saturated heterocycles. The highest BCUT2D eigenvalue weighted by atomic mass is 35.5. The maximum atomic E-state index is 11.6. The quantitative estimate of drug-likeness (QED) is 0.863. The van der Waals surface area contributed by atoms with Crippen LogP contribution < -0.4 is 0 Å². The Morgan fingerprint density at radius 2 is 2.12 bits per heavy atom. The van der Waals surface area contributed by atoms with Gasteiger partial charge in [0.1, 0.15) is 20.5 Å². The van der Waals surface area contributed by atoms with Gasteiger partial charge in [0.05, 0.1) is 12.6 Å². The van der Waals surface area contributed by atoms with Gasteiger partial charge in [-0.15, -0.1) is 11.3 Å². The molecule has 0 aliphatic rings. The fourth-order valence-corrected chi connectivity index (χ4v) is 2.19. The SMILES string of the molecule is CC(C)(C)OC(=O)CC(C)(O)c1ncc(Cl)s1. The van der Waals surface area contributed by atoms with E-state index >= 15 is 0 Å². The van der Waals surface area contributed by atoms with Crippen molar-refractivity contribution >= 4 is 28.9 Å². The van der Waals surface area contributed by atoms with Gasteiger partial charge < -0.3 is 9.84 Å². The molecule has 6 heteroatoms. The highest BCUT2D eigenvalue weighted by Gasteiger charge is 2.32. The predicted octanol–water partition coefficient (Wildman–Crippen LogP) is 2.74. The zero-order valence-electron chi connectivity index (χ0n) is 10.3. The molecule has 0 aromatic carbocycles. The monoisotopic (exact) mass is 277 g/mol. The summed E-state index contributed by atoms with van der Waals surface area (Å²) >= 11 is 6.89. The van der Waals surface area contributed by atoms with Gasteiger partial charge in [-0.25, -0.2) is 4.98 Å². The number of hydrogen-bond donors (Lipinski definition) is 1. The summed E-state index contributed by atoms with van der Waals surface area (Å²) < 4.78 is 5.62. The maximum Gasteiger partial charge on any atom is 0.309 e. The van der Waals surface area contributed by atoms with E-state index in [1.54, 1.807) is 20.8 Å². The van der Waals surface area contributed by atoms with E-state index < -0.39 is 17.2 Å². The number of hydrogen-bond acceptors (Lipinski definition) is 5. The third-order valence-electron chi connectivity index (χ3n) is 1.85. The van der Waals surface area contributed by atoms with E-state index in [0.29, 0.717) is 9.34 Å². The second-order valence-electron chi connectivity index (χ2n) is 5.01. The van der Waals surface area contributed by atoms with Gasteiger partial charge in [-0.05, 0) is 27.7 Å². The molecule has 0 aliphatic heterocycles. The Balaban J connectivity index is 2.70. The summed E-state index contributed by atoms with van der Waals surface area (Å²) in [6.45, 7) is 6.85. The van der Waals surface area contributed by atoms with E-state index in [2.05, 4.69) is 4.98 Å². The van der Waals surface area contributed by atoms with Crippen molar-refractivity contribution in [3.8, 4) is 0 Å². The number of halogens is 1. The molecule has 4 nitrogen and oxygen atoms in total. The number of carbonyl (C=O) groups is 1. The number of nitrogens with zero attached hydrogens (tertiary/aromatic N) is 1. The number of aliphatic hydroxyl groups is 1. The predicted molar refractivity (Wildman–Crippen MR) is 67.2 cm³/mol. The number of carbonyl (C=O) groups excluding carboxylic acids is 1. The van der Waals surface area contributed by atoms with Crippen LogP contribution >= 0.6 is 22.9 Å². The van der Waals surface area contributed by atoms with Crippen molar-refractivity contribution in [2.24, 2.45) is 0 Å². The highest BCUT2D eigenvalue weighted by molar-refractivity contribution is 7.15. The second-order valence-corrected chi connectivity index (χ2v) is 6.67. The number of thiazole rings is 1. The molecule has 0 radical (unpaired) electrons. The Morgan fingerprint density at radius 1 is 1.53 bits per heavy atom. The average Bonchev–Trinajstić information content (AvgIpc) is 2.46. The van der Waals surface area contributed by atoms with Gasteiger partial charge in [0.2, 0.25) is 0 Å². The summed E-state index contributed by atoms with van der Waals surface area (Å²) in [6, 6.07) is 0. The molecule has 1 unspecified atom stereocenters. The van der Waals surface area contributed by atoms with Crippen LogP contribution in [-0.4, -0.2) is 21.7 Å². The first kappa shape index (κ1) is 14.4. The lowest BCUT2D eigenvalue weighted by Gasteiger charge is -2.24. The molecule has 1 rings (SSSR count). The lowest BCUT2D eigenvalue weighted by atomic mass is 10.0. The third-order valence-corrected chi connectivity index (χ3v) is 3.21. The summed E-state index contributed by atoms with van der Waals surface area (Å²) in [5, 5.41) is 10.6. The lowest BCUT2D eigenvalue weighted by Crippen LogP contribution is -2.30. The zero-order chi connectivity index (χ0) is 13.3. The van der Waals surface area contributed by atoms with E-state index in [-0.39, 0.29) is 6.42 Å². The Morgan fingerprint density at radius 3 is 2.53 bits per heavy atom. The molecule has 0 spiro atoms. The lowest BCUT2D eigenvalue weighted by molar-refractivity contribution is -0.160. The first-order valence-electron chi connectivity index (χ1n) is 5.16. The Bertz CT molecular complexity index is 409. The average molecular weight is 278 g/mol. The number of esters is 1. The van der Waals surface area contributed by atoms with Crippen molar-refractivity contribution in [2.45, 2.75) is 45.3 Å². The number of aromatic nitrogens is 1. The van der Waals surface area contributed by atoms with Crippen LogP contribution in [0.3, 0.4) is 0 Å². The molecule has 1 atom stereocenters. The van der Waals surface area contributed by atoms with E-state index in [1.807, 2.05) is 0 Å². The van der Waals surface area contributed by atoms with Crippen LogP contribution in [0.4, 0.5) is 0 Å². The van der Waals surface area contributed by atoms with E-state index in [1.165, 1.54) is 13.1 Å². The first-order chi connectivity index (χ1) is 7.60. The van der Waals surface area contributed by atoms with Gasteiger partial charge in [-0.1, -0.05) is 11.6 Å². The molecule has 1 heterocycles. The largest absolute Gasteiger partial charge is 0.460 e. The molecule has 0 bridgehead atoms. The topological polar surface area (TPSA) is 59.4 Å². The van der Waals surface area contributed by atoms with Crippen LogP contribution in [0.1, 0.15) is 39.1 Å².